The van der Waals surface area contributed by atoms with Crippen molar-refractivity contribution in [3.63, 3.8) is 0 Å². The quantitative estimate of drug-likeness (QED) is 0.752. The molecule has 0 atom stereocenters. The second kappa shape index (κ2) is 7.72. The predicted molar refractivity (Wildman–Crippen MR) is 88.6 cm³/mol. The summed E-state index contributed by atoms with van der Waals surface area (Å²) in [7, 11) is 0. The molecule has 0 aliphatic rings. The summed E-state index contributed by atoms with van der Waals surface area (Å²) in [6.07, 6.45) is 1.13. The van der Waals surface area contributed by atoms with E-state index in [-0.39, 0.29) is 0 Å². The van der Waals surface area contributed by atoms with Crippen LogP contribution in [0.3, 0.4) is 0 Å². The first kappa shape index (κ1) is 14.6. The van der Waals surface area contributed by atoms with Crippen molar-refractivity contribution in [2.45, 2.75) is 12.8 Å². The smallest absolute Gasteiger partial charge is 0.167 e. The van der Waals surface area contributed by atoms with E-state index in [0.717, 1.165) is 11.5 Å². The molecule has 0 aromatic heterocycles. The number of hydrogen-bond donors (Lipinski definition) is 0. The second-order valence-electron chi connectivity index (χ2n) is 4.07. The zero-order valence-corrected chi connectivity index (χ0v) is 12.5. The molecule has 2 aromatic carbocycles. The van der Waals surface area contributed by atoms with Crippen LogP contribution in [-0.2, 0) is 0 Å². The first-order valence-electron chi connectivity index (χ1n) is 6.25. The molecule has 0 bridgehead atoms. The summed E-state index contributed by atoms with van der Waals surface area (Å²) in [6.45, 7) is 0. The first-order chi connectivity index (χ1) is 9.74. The summed E-state index contributed by atoms with van der Waals surface area (Å²) in [5, 5.41) is 1.02. The molecule has 0 saturated heterocycles. The lowest BCUT2D eigenvalue weighted by atomic mass is 10.3. The monoisotopic (exact) mass is 302 g/mol. The standard InChI is InChI=1S/C16H14O2S2/c19-15(17-13-7-3-1-4-8-13)11-12-16(20)18-14-9-5-2-6-10-14/h1-10H,11-12H2. The number of rotatable bonds is 5. The fraction of sp³-hybridized carbons (Fsp3) is 0.125. The van der Waals surface area contributed by atoms with Gasteiger partial charge in [-0.05, 0) is 48.7 Å². The lowest BCUT2D eigenvalue weighted by Crippen LogP contribution is -2.11. The summed E-state index contributed by atoms with van der Waals surface area (Å²) in [5.41, 5.74) is 0. The molecule has 0 N–H and O–H groups in total. The van der Waals surface area contributed by atoms with Gasteiger partial charge in [0.15, 0.2) is 10.1 Å². The summed E-state index contributed by atoms with van der Waals surface area (Å²) in [6, 6.07) is 18.9. The van der Waals surface area contributed by atoms with Gasteiger partial charge in [-0.25, -0.2) is 0 Å². The molecule has 4 heteroatoms. The van der Waals surface area contributed by atoms with E-state index in [1.54, 1.807) is 0 Å². The maximum absolute atomic E-state index is 5.53. The molecular formula is C16H14O2S2. The largest absolute Gasteiger partial charge is 0.450 e. The number of para-hydroxylation sites is 2. The van der Waals surface area contributed by atoms with Gasteiger partial charge in [0.05, 0.1) is 0 Å². The average molecular weight is 302 g/mol. The van der Waals surface area contributed by atoms with Crippen LogP contribution in [0.15, 0.2) is 60.7 Å². The van der Waals surface area contributed by atoms with Crippen LogP contribution in [0, 0.1) is 0 Å². The third-order valence-electron chi connectivity index (χ3n) is 2.48. The highest BCUT2D eigenvalue weighted by Gasteiger charge is 2.05. The molecule has 0 aliphatic heterocycles. The lowest BCUT2D eigenvalue weighted by Gasteiger charge is -2.08. The van der Waals surface area contributed by atoms with E-state index >= 15 is 0 Å². The van der Waals surface area contributed by atoms with Gasteiger partial charge in [-0.3, -0.25) is 0 Å². The van der Waals surface area contributed by atoms with Gasteiger partial charge in [0, 0.05) is 12.8 Å². The fourth-order valence-electron chi connectivity index (χ4n) is 1.55. The van der Waals surface area contributed by atoms with Gasteiger partial charge in [0.25, 0.3) is 0 Å². The van der Waals surface area contributed by atoms with Gasteiger partial charge >= 0.3 is 0 Å². The molecule has 2 nitrogen and oxygen atoms in total. The van der Waals surface area contributed by atoms with Crippen molar-refractivity contribution in [2.75, 3.05) is 0 Å². The fourth-order valence-corrected chi connectivity index (χ4v) is 1.94. The van der Waals surface area contributed by atoms with Gasteiger partial charge in [0.2, 0.25) is 0 Å². The molecule has 0 heterocycles. The maximum atomic E-state index is 5.53. The van der Waals surface area contributed by atoms with E-state index in [9.17, 15) is 0 Å². The summed E-state index contributed by atoms with van der Waals surface area (Å²) < 4.78 is 11.1. The molecule has 2 rings (SSSR count). The minimum Gasteiger partial charge on any atom is -0.450 e. The SMILES string of the molecule is S=C(CCC(=S)Oc1ccccc1)Oc1ccccc1. The highest BCUT2D eigenvalue weighted by molar-refractivity contribution is 7.80. The van der Waals surface area contributed by atoms with Crippen LogP contribution >= 0.6 is 24.4 Å². The highest BCUT2D eigenvalue weighted by atomic mass is 32.1. The van der Waals surface area contributed by atoms with Crippen LogP contribution in [-0.4, -0.2) is 10.1 Å². The van der Waals surface area contributed by atoms with Gasteiger partial charge in [-0.15, -0.1) is 0 Å². The van der Waals surface area contributed by atoms with Crippen molar-refractivity contribution < 1.29 is 9.47 Å². The van der Waals surface area contributed by atoms with Gasteiger partial charge in [0.1, 0.15) is 11.5 Å². The number of hydrogen-bond acceptors (Lipinski definition) is 4. The Labute approximate surface area is 129 Å². The Bertz CT molecular complexity index is 514. The minimum atomic E-state index is 0.509. The molecule has 0 radical (unpaired) electrons. The van der Waals surface area contributed by atoms with Crippen molar-refractivity contribution in [1.29, 1.82) is 0 Å². The molecule has 20 heavy (non-hydrogen) atoms. The predicted octanol–water partition coefficient (Wildman–Crippen LogP) is 4.58. The van der Waals surface area contributed by atoms with Crippen LogP contribution in [0.2, 0.25) is 0 Å². The van der Waals surface area contributed by atoms with E-state index in [4.69, 9.17) is 33.9 Å². The van der Waals surface area contributed by atoms with Crippen molar-refractivity contribution in [3.8, 4) is 11.5 Å². The molecule has 0 amide bonds. The van der Waals surface area contributed by atoms with Crippen molar-refractivity contribution in [2.24, 2.45) is 0 Å². The van der Waals surface area contributed by atoms with Crippen molar-refractivity contribution in [1.82, 2.24) is 0 Å². The topological polar surface area (TPSA) is 18.5 Å². The molecule has 0 unspecified atom stereocenters. The first-order valence-corrected chi connectivity index (χ1v) is 7.07. The molecule has 102 valence electrons. The third-order valence-corrected chi connectivity index (χ3v) is 3.06. The van der Waals surface area contributed by atoms with E-state index in [1.165, 1.54) is 0 Å². The normalized spacial score (nSPS) is 9.80. The third kappa shape index (κ3) is 5.07. The number of thiocarbonyl (C=S) groups is 2. The van der Waals surface area contributed by atoms with E-state index < -0.39 is 0 Å². The molecule has 0 fully saturated rings. The zero-order chi connectivity index (χ0) is 14.2. The van der Waals surface area contributed by atoms with Crippen molar-refractivity contribution >= 4 is 34.5 Å². The van der Waals surface area contributed by atoms with Crippen LogP contribution < -0.4 is 9.47 Å². The Hall–Kier alpha value is -1.78. The van der Waals surface area contributed by atoms with Gasteiger partial charge in [-0.2, -0.15) is 0 Å². The Kier molecular flexibility index (Phi) is 5.65. The summed E-state index contributed by atoms with van der Waals surface area (Å²) >= 11 is 10.4. The van der Waals surface area contributed by atoms with Gasteiger partial charge < -0.3 is 9.47 Å². The molecule has 0 saturated carbocycles. The Morgan fingerprint density at radius 2 is 1.00 bits per heavy atom. The van der Waals surface area contributed by atoms with E-state index in [2.05, 4.69) is 0 Å². The zero-order valence-electron chi connectivity index (χ0n) is 10.8. The Morgan fingerprint density at radius 1 is 0.650 bits per heavy atom. The van der Waals surface area contributed by atoms with E-state index in [0.29, 0.717) is 22.9 Å². The average Bonchev–Trinajstić information content (AvgIpc) is 2.47. The van der Waals surface area contributed by atoms with Crippen LogP contribution in [0.5, 0.6) is 11.5 Å². The van der Waals surface area contributed by atoms with Gasteiger partial charge in [-0.1, -0.05) is 36.4 Å². The van der Waals surface area contributed by atoms with Crippen LogP contribution in [0.1, 0.15) is 12.8 Å². The van der Waals surface area contributed by atoms with Crippen LogP contribution in [0.25, 0.3) is 0 Å². The molecule has 0 spiro atoms. The lowest BCUT2D eigenvalue weighted by molar-refractivity contribution is 0.529. The molecular weight excluding hydrogens is 288 g/mol. The molecule has 0 aliphatic carbocycles. The van der Waals surface area contributed by atoms with Crippen LogP contribution in [0.4, 0.5) is 0 Å². The summed E-state index contributed by atoms with van der Waals surface area (Å²) in [5.74, 6) is 1.49. The summed E-state index contributed by atoms with van der Waals surface area (Å²) in [4.78, 5) is 0. The molecule has 2 aromatic rings. The number of benzene rings is 2. The Morgan fingerprint density at radius 3 is 1.35 bits per heavy atom. The number of ether oxygens (including phenoxy) is 2. The highest BCUT2D eigenvalue weighted by Crippen LogP contribution is 2.13. The van der Waals surface area contributed by atoms with E-state index in [1.807, 2.05) is 60.7 Å². The minimum absolute atomic E-state index is 0.509. The van der Waals surface area contributed by atoms with Crippen molar-refractivity contribution in [3.05, 3.63) is 60.7 Å². The Balaban J connectivity index is 1.75. The second-order valence-corrected chi connectivity index (χ2v) is 4.98. The maximum Gasteiger partial charge on any atom is 0.167 e.